The molecule has 0 bridgehead atoms. The topological polar surface area (TPSA) is 59.2 Å². The standard InChI is InChI=1S/C7H4F3NO3/c8-7(9,10)14-6-2-11-4(3-12)1-5(6)13/h1-3H,(H,11,13). The molecule has 0 aliphatic carbocycles. The molecule has 1 heterocycles. The van der Waals surface area contributed by atoms with Gasteiger partial charge < -0.3 is 9.72 Å². The molecule has 1 aromatic rings. The van der Waals surface area contributed by atoms with E-state index in [0.717, 1.165) is 0 Å². The summed E-state index contributed by atoms with van der Waals surface area (Å²) in [6, 6.07) is 0.716. The van der Waals surface area contributed by atoms with Crippen LogP contribution in [0.3, 0.4) is 0 Å². The molecule has 1 rings (SSSR count). The highest BCUT2D eigenvalue weighted by molar-refractivity contribution is 5.71. The van der Waals surface area contributed by atoms with Crippen molar-refractivity contribution in [2.24, 2.45) is 0 Å². The fourth-order valence-corrected chi connectivity index (χ4v) is 0.747. The number of aldehydes is 1. The first kappa shape index (κ1) is 10.3. The lowest BCUT2D eigenvalue weighted by Gasteiger charge is -2.07. The normalized spacial score (nSPS) is 11.1. The van der Waals surface area contributed by atoms with E-state index in [0.29, 0.717) is 18.5 Å². The van der Waals surface area contributed by atoms with E-state index in [4.69, 9.17) is 0 Å². The first-order chi connectivity index (χ1) is 6.42. The number of aromatic nitrogens is 1. The maximum Gasteiger partial charge on any atom is 0.573 e. The quantitative estimate of drug-likeness (QED) is 0.738. The summed E-state index contributed by atoms with van der Waals surface area (Å²) in [5.74, 6) is -0.900. The van der Waals surface area contributed by atoms with Crippen LogP contribution in [0.4, 0.5) is 13.2 Å². The zero-order valence-corrected chi connectivity index (χ0v) is 6.59. The van der Waals surface area contributed by atoms with E-state index in [-0.39, 0.29) is 5.69 Å². The third-order valence-electron chi connectivity index (χ3n) is 1.25. The van der Waals surface area contributed by atoms with E-state index in [1.54, 1.807) is 0 Å². The predicted molar refractivity (Wildman–Crippen MR) is 39.1 cm³/mol. The van der Waals surface area contributed by atoms with Crippen molar-refractivity contribution in [3.8, 4) is 5.75 Å². The molecule has 7 heteroatoms. The van der Waals surface area contributed by atoms with Crippen molar-refractivity contribution in [1.82, 2.24) is 4.98 Å². The third kappa shape index (κ3) is 2.61. The molecule has 76 valence electrons. The van der Waals surface area contributed by atoms with Gasteiger partial charge in [0.2, 0.25) is 5.43 Å². The highest BCUT2D eigenvalue weighted by Crippen LogP contribution is 2.18. The van der Waals surface area contributed by atoms with Gasteiger partial charge in [-0.2, -0.15) is 0 Å². The summed E-state index contributed by atoms with van der Waals surface area (Å²) in [6.07, 6.45) is -3.94. The highest BCUT2D eigenvalue weighted by Gasteiger charge is 2.32. The first-order valence-corrected chi connectivity index (χ1v) is 3.36. The van der Waals surface area contributed by atoms with Crippen LogP contribution in [0.2, 0.25) is 0 Å². The van der Waals surface area contributed by atoms with E-state index in [2.05, 4.69) is 9.72 Å². The molecule has 1 aromatic heterocycles. The molecule has 14 heavy (non-hydrogen) atoms. The number of H-pyrrole nitrogens is 1. The van der Waals surface area contributed by atoms with Gasteiger partial charge in [-0.1, -0.05) is 0 Å². The minimum Gasteiger partial charge on any atom is -0.400 e. The molecule has 0 saturated carbocycles. The zero-order chi connectivity index (χ0) is 10.8. The van der Waals surface area contributed by atoms with Crippen LogP contribution in [0, 0.1) is 0 Å². The average molecular weight is 207 g/mol. The predicted octanol–water partition coefficient (Wildman–Crippen LogP) is 1.09. The molecule has 0 aromatic carbocycles. The number of carbonyl (C=O) groups excluding carboxylic acids is 1. The lowest BCUT2D eigenvalue weighted by Crippen LogP contribution is -2.21. The number of ether oxygens (including phenoxy) is 1. The van der Waals surface area contributed by atoms with Crippen LogP contribution in [0.1, 0.15) is 10.5 Å². The van der Waals surface area contributed by atoms with Crippen molar-refractivity contribution in [2.75, 3.05) is 0 Å². The number of rotatable bonds is 2. The van der Waals surface area contributed by atoms with Gasteiger partial charge in [0.15, 0.2) is 12.0 Å². The molecular weight excluding hydrogens is 203 g/mol. The number of pyridine rings is 1. The number of halogens is 3. The van der Waals surface area contributed by atoms with E-state index in [1.807, 2.05) is 0 Å². The Morgan fingerprint density at radius 1 is 1.43 bits per heavy atom. The molecule has 0 radical (unpaired) electrons. The van der Waals surface area contributed by atoms with Gasteiger partial charge in [0.25, 0.3) is 0 Å². The van der Waals surface area contributed by atoms with Gasteiger partial charge in [0, 0.05) is 12.3 Å². The summed E-state index contributed by atoms with van der Waals surface area (Å²) in [6.45, 7) is 0. The number of carbonyl (C=O) groups is 1. The van der Waals surface area contributed by atoms with E-state index in [9.17, 15) is 22.8 Å². The largest absolute Gasteiger partial charge is 0.573 e. The van der Waals surface area contributed by atoms with Crippen LogP contribution in [0.25, 0.3) is 0 Å². The molecule has 0 unspecified atom stereocenters. The zero-order valence-electron chi connectivity index (χ0n) is 6.59. The monoisotopic (exact) mass is 207 g/mol. The molecule has 0 aliphatic heterocycles. The number of aromatic amines is 1. The second-order valence-corrected chi connectivity index (χ2v) is 2.28. The van der Waals surface area contributed by atoms with Crippen LogP contribution in [0.5, 0.6) is 5.75 Å². The Labute approximate surface area is 75.3 Å². The van der Waals surface area contributed by atoms with Gasteiger partial charge in [0.05, 0.1) is 5.69 Å². The smallest absolute Gasteiger partial charge is 0.400 e. The van der Waals surface area contributed by atoms with E-state index in [1.165, 1.54) is 0 Å². The Bertz CT molecular complexity index is 396. The number of hydrogen-bond acceptors (Lipinski definition) is 3. The van der Waals surface area contributed by atoms with Gasteiger partial charge in [-0.15, -0.1) is 13.2 Å². The van der Waals surface area contributed by atoms with Crippen LogP contribution >= 0.6 is 0 Å². The SMILES string of the molecule is O=Cc1cc(=O)c(OC(F)(F)F)c[nH]1. The second kappa shape index (κ2) is 3.52. The van der Waals surface area contributed by atoms with Crippen molar-refractivity contribution in [3.63, 3.8) is 0 Å². The summed E-state index contributed by atoms with van der Waals surface area (Å²) < 4.78 is 38.3. The molecule has 0 spiro atoms. The lowest BCUT2D eigenvalue weighted by atomic mass is 10.3. The second-order valence-electron chi connectivity index (χ2n) is 2.28. The molecule has 0 atom stereocenters. The minimum atomic E-state index is -4.92. The molecule has 4 nitrogen and oxygen atoms in total. The van der Waals surface area contributed by atoms with E-state index >= 15 is 0 Å². The van der Waals surface area contributed by atoms with Crippen molar-refractivity contribution in [3.05, 3.63) is 28.2 Å². The van der Waals surface area contributed by atoms with E-state index < -0.39 is 17.5 Å². The summed E-state index contributed by atoms with van der Waals surface area (Å²) in [5, 5.41) is 0. The van der Waals surface area contributed by atoms with Gasteiger partial charge in [-0.05, 0) is 0 Å². The first-order valence-electron chi connectivity index (χ1n) is 3.36. The maximum atomic E-state index is 11.7. The summed E-state index contributed by atoms with van der Waals surface area (Å²) in [7, 11) is 0. The van der Waals surface area contributed by atoms with Crippen molar-refractivity contribution >= 4 is 6.29 Å². The maximum absolute atomic E-state index is 11.7. The van der Waals surface area contributed by atoms with Crippen LogP contribution in [0.15, 0.2) is 17.1 Å². The Morgan fingerprint density at radius 3 is 2.50 bits per heavy atom. The van der Waals surface area contributed by atoms with Gasteiger partial charge >= 0.3 is 6.36 Å². The average Bonchev–Trinajstić information content (AvgIpc) is 2.06. The Morgan fingerprint density at radius 2 is 2.07 bits per heavy atom. The van der Waals surface area contributed by atoms with Crippen LogP contribution < -0.4 is 10.2 Å². The highest BCUT2D eigenvalue weighted by atomic mass is 19.4. The Balaban J connectivity index is 3.01. The molecule has 0 amide bonds. The molecule has 0 aliphatic rings. The Hall–Kier alpha value is -1.79. The van der Waals surface area contributed by atoms with Crippen molar-refractivity contribution in [1.29, 1.82) is 0 Å². The number of alkyl halides is 3. The molecule has 1 N–H and O–H groups in total. The van der Waals surface area contributed by atoms with Gasteiger partial charge in [0.1, 0.15) is 0 Å². The fraction of sp³-hybridized carbons (Fsp3) is 0.143. The fourth-order valence-electron chi connectivity index (χ4n) is 0.747. The summed E-state index contributed by atoms with van der Waals surface area (Å²) in [4.78, 5) is 23.2. The Kier molecular flexibility index (Phi) is 2.59. The summed E-state index contributed by atoms with van der Waals surface area (Å²) in [5.41, 5.74) is -1.13. The number of hydrogen-bond donors (Lipinski definition) is 1. The molecule has 0 fully saturated rings. The van der Waals surface area contributed by atoms with Crippen LogP contribution in [-0.2, 0) is 0 Å². The van der Waals surface area contributed by atoms with Gasteiger partial charge in [-0.25, -0.2) is 0 Å². The summed E-state index contributed by atoms with van der Waals surface area (Å²) >= 11 is 0. The lowest BCUT2D eigenvalue weighted by molar-refractivity contribution is -0.275. The third-order valence-corrected chi connectivity index (χ3v) is 1.25. The van der Waals surface area contributed by atoms with Crippen molar-refractivity contribution < 1.29 is 22.7 Å². The van der Waals surface area contributed by atoms with Crippen molar-refractivity contribution in [2.45, 2.75) is 6.36 Å². The van der Waals surface area contributed by atoms with Gasteiger partial charge in [-0.3, -0.25) is 9.59 Å². The molecule has 0 saturated heterocycles. The van der Waals surface area contributed by atoms with Crippen LogP contribution in [-0.4, -0.2) is 17.6 Å². The minimum absolute atomic E-state index is 0.121. The number of nitrogens with one attached hydrogen (secondary N) is 1. The molecular formula is C7H4F3NO3.